The van der Waals surface area contributed by atoms with Crippen molar-refractivity contribution in [2.24, 2.45) is 0 Å². The van der Waals surface area contributed by atoms with E-state index in [1.807, 2.05) is 0 Å². The Kier molecular flexibility index (Phi) is 13.4. The fraction of sp³-hybridized carbons (Fsp3) is 0.450. The molecule has 0 aromatic heterocycles. The molecule has 1 atom stereocenters. The smallest absolute Gasteiger partial charge is 0.0701 e. The Morgan fingerprint density at radius 2 is 1.19 bits per heavy atom. The molecular formula is C40H49BrO6. The van der Waals surface area contributed by atoms with Gasteiger partial charge in [0.2, 0.25) is 0 Å². The fourth-order valence-electron chi connectivity index (χ4n) is 6.71. The summed E-state index contributed by atoms with van der Waals surface area (Å²) in [4.78, 5) is 0. The Labute approximate surface area is 289 Å². The first-order chi connectivity index (χ1) is 23.0. The summed E-state index contributed by atoms with van der Waals surface area (Å²) < 4.78 is 34.9. The van der Waals surface area contributed by atoms with Gasteiger partial charge in [0.05, 0.1) is 52.9 Å². The number of rotatable bonds is 20. The summed E-state index contributed by atoms with van der Waals surface area (Å²) in [6.45, 7) is 8.05. The van der Waals surface area contributed by atoms with Gasteiger partial charge in [-0.25, -0.2) is 0 Å². The van der Waals surface area contributed by atoms with E-state index in [4.69, 9.17) is 28.4 Å². The van der Waals surface area contributed by atoms with E-state index in [1.54, 1.807) is 14.2 Å². The largest absolute Gasteiger partial charge is 0.382 e. The number of benzene rings is 3. The molecule has 252 valence electrons. The molecule has 0 fully saturated rings. The number of fused-ring (bicyclic) bond motifs is 3. The molecule has 47 heavy (non-hydrogen) atoms. The molecule has 7 heteroatoms. The quantitative estimate of drug-likeness (QED) is 0.111. The van der Waals surface area contributed by atoms with Gasteiger partial charge in [-0.1, -0.05) is 89.6 Å². The number of halogens is 1. The lowest BCUT2D eigenvalue weighted by atomic mass is 9.72. The van der Waals surface area contributed by atoms with E-state index in [1.165, 1.54) is 39.0 Å². The molecule has 1 unspecified atom stereocenters. The van der Waals surface area contributed by atoms with Crippen molar-refractivity contribution in [2.45, 2.75) is 37.0 Å². The number of methoxy groups -OCH3 is 2. The molecule has 0 saturated carbocycles. The monoisotopic (exact) mass is 704 g/mol. The Morgan fingerprint density at radius 3 is 1.77 bits per heavy atom. The number of hydrogen-bond donors (Lipinski definition) is 0. The van der Waals surface area contributed by atoms with Gasteiger partial charge in [-0.3, -0.25) is 0 Å². The standard InChI is InChI=1S/C40H49BrO6/c1-39(33-7-5-4-6-8-33)15-13-31(14-16-39)32-9-11-35-36-12-10-34(41)30-38(36)40(37(35)29-32,17-19-44-25-27-46-23-21-42-2)18-20-45-26-28-47-24-22-43-3/h4-15,29-30H,16-28H2,1-3H3. The van der Waals surface area contributed by atoms with E-state index in [2.05, 4.69) is 108 Å². The van der Waals surface area contributed by atoms with Crippen LogP contribution in [0.25, 0.3) is 16.7 Å². The van der Waals surface area contributed by atoms with Gasteiger partial charge in [-0.15, -0.1) is 0 Å². The van der Waals surface area contributed by atoms with Gasteiger partial charge in [0.25, 0.3) is 0 Å². The van der Waals surface area contributed by atoms with Crippen LogP contribution in [0.5, 0.6) is 0 Å². The average molecular weight is 706 g/mol. The number of allylic oxidation sites excluding steroid dienone is 4. The van der Waals surface area contributed by atoms with Crippen LogP contribution in [0.4, 0.5) is 0 Å². The first-order valence-corrected chi connectivity index (χ1v) is 17.5. The third kappa shape index (κ3) is 8.90. The van der Waals surface area contributed by atoms with Gasteiger partial charge in [0.15, 0.2) is 0 Å². The summed E-state index contributed by atoms with van der Waals surface area (Å²) in [5.41, 5.74) is 8.80. The first kappa shape index (κ1) is 35.7. The van der Waals surface area contributed by atoms with Crippen molar-refractivity contribution >= 4 is 21.5 Å². The van der Waals surface area contributed by atoms with Crippen LogP contribution in [-0.4, -0.2) is 80.3 Å². The van der Waals surface area contributed by atoms with E-state index in [0.717, 1.165) is 23.7 Å². The van der Waals surface area contributed by atoms with Crippen molar-refractivity contribution in [1.29, 1.82) is 0 Å². The lowest BCUT2D eigenvalue weighted by molar-refractivity contribution is 0.0145. The van der Waals surface area contributed by atoms with Crippen molar-refractivity contribution in [1.82, 2.24) is 0 Å². The van der Waals surface area contributed by atoms with Gasteiger partial charge >= 0.3 is 0 Å². The highest BCUT2D eigenvalue weighted by Gasteiger charge is 2.43. The summed E-state index contributed by atoms with van der Waals surface area (Å²) in [5, 5.41) is 0. The van der Waals surface area contributed by atoms with Crippen LogP contribution in [0.1, 0.15) is 48.4 Å². The van der Waals surface area contributed by atoms with Crippen molar-refractivity contribution in [3.05, 3.63) is 112 Å². The van der Waals surface area contributed by atoms with Crippen LogP contribution in [0.3, 0.4) is 0 Å². The summed E-state index contributed by atoms with van der Waals surface area (Å²) in [6.07, 6.45) is 9.69. The fourth-order valence-corrected chi connectivity index (χ4v) is 7.07. The molecule has 0 bridgehead atoms. The van der Waals surface area contributed by atoms with Crippen molar-refractivity contribution in [3.8, 4) is 11.1 Å². The molecule has 5 rings (SSSR count). The maximum absolute atomic E-state index is 6.18. The maximum atomic E-state index is 6.18. The molecule has 0 aliphatic heterocycles. The van der Waals surface area contributed by atoms with Crippen molar-refractivity contribution in [3.63, 3.8) is 0 Å². The third-order valence-corrected chi connectivity index (χ3v) is 9.91. The summed E-state index contributed by atoms with van der Waals surface area (Å²) in [7, 11) is 3.36. The lowest BCUT2D eigenvalue weighted by Crippen LogP contribution is -2.30. The van der Waals surface area contributed by atoms with Gasteiger partial charge < -0.3 is 28.4 Å². The zero-order valence-electron chi connectivity index (χ0n) is 28.1. The number of hydrogen-bond acceptors (Lipinski definition) is 6. The summed E-state index contributed by atoms with van der Waals surface area (Å²) in [5.74, 6) is 0. The Morgan fingerprint density at radius 1 is 0.638 bits per heavy atom. The molecule has 6 nitrogen and oxygen atoms in total. The highest BCUT2D eigenvalue weighted by atomic mass is 79.9. The van der Waals surface area contributed by atoms with Crippen molar-refractivity contribution < 1.29 is 28.4 Å². The summed E-state index contributed by atoms with van der Waals surface area (Å²) >= 11 is 3.78. The van der Waals surface area contributed by atoms with E-state index >= 15 is 0 Å². The Hall–Kier alpha value is -2.62. The van der Waals surface area contributed by atoms with Crippen LogP contribution in [0.15, 0.2) is 89.4 Å². The molecule has 2 aliphatic carbocycles. The molecular weight excluding hydrogens is 656 g/mol. The highest BCUT2D eigenvalue weighted by molar-refractivity contribution is 9.10. The topological polar surface area (TPSA) is 55.4 Å². The van der Waals surface area contributed by atoms with Crippen molar-refractivity contribution in [2.75, 3.05) is 80.3 Å². The summed E-state index contributed by atoms with van der Waals surface area (Å²) in [6, 6.07) is 24.5. The van der Waals surface area contributed by atoms with Gasteiger partial charge in [0.1, 0.15) is 0 Å². The van der Waals surface area contributed by atoms with E-state index in [9.17, 15) is 0 Å². The molecule has 0 heterocycles. The second kappa shape index (κ2) is 17.7. The minimum Gasteiger partial charge on any atom is -0.382 e. The normalized spacial score (nSPS) is 17.8. The predicted octanol–water partition coefficient (Wildman–Crippen LogP) is 8.16. The molecule has 3 aromatic rings. The third-order valence-electron chi connectivity index (χ3n) is 9.42. The first-order valence-electron chi connectivity index (χ1n) is 16.7. The van der Waals surface area contributed by atoms with Crippen LogP contribution < -0.4 is 0 Å². The highest BCUT2D eigenvalue weighted by Crippen LogP contribution is 2.54. The average Bonchev–Trinajstić information content (AvgIpc) is 3.36. The zero-order chi connectivity index (χ0) is 33.0. The van der Waals surface area contributed by atoms with Gasteiger partial charge in [0, 0.05) is 42.7 Å². The molecule has 2 aliphatic rings. The predicted molar refractivity (Wildman–Crippen MR) is 192 cm³/mol. The van der Waals surface area contributed by atoms with Crippen LogP contribution in [0.2, 0.25) is 0 Å². The van der Waals surface area contributed by atoms with E-state index in [-0.39, 0.29) is 10.8 Å². The molecule has 0 radical (unpaired) electrons. The molecule has 0 N–H and O–H groups in total. The van der Waals surface area contributed by atoms with Gasteiger partial charge in [-0.05, 0) is 76.4 Å². The lowest BCUT2D eigenvalue weighted by Gasteiger charge is -2.33. The second-order valence-electron chi connectivity index (χ2n) is 12.4. The number of ether oxygens (including phenoxy) is 6. The second-order valence-corrected chi connectivity index (χ2v) is 13.4. The molecule has 0 spiro atoms. The van der Waals surface area contributed by atoms with E-state index < -0.39 is 0 Å². The molecule has 0 amide bonds. The molecule has 3 aromatic carbocycles. The Bertz CT molecular complexity index is 1470. The minimum absolute atomic E-state index is 0.0109. The van der Waals surface area contributed by atoms with Gasteiger partial charge in [-0.2, -0.15) is 0 Å². The van der Waals surface area contributed by atoms with Crippen LogP contribution >= 0.6 is 15.9 Å². The Balaban J connectivity index is 1.39. The molecule has 0 saturated heterocycles. The minimum atomic E-state index is -0.268. The van der Waals surface area contributed by atoms with Crippen LogP contribution in [-0.2, 0) is 39.3 Å². The zero-order valence-corrected chi connectivity index (χ0v) is 29.7. The van der Waals surface area contributed by atoms with Crippen LogP contribution in [0, 0.1) is 0 Å². The maximum Gasteiger partial charge on any atom is 0.0701 e. The van der Waals surface area contributed by atoms with E-state index in [0.29, 0.717) is 66.1 Å². The SMILES string of the molecule is COCCOCCOCCC1(CCOCCOCCOC)c2cc(Br)ccc2-c2ccc(C3=CCC(C)(c4ccccc4)C=C3)cc21.